The number of aryl methyl sites for hydroxylation is 3. The maximum atomic E-state index is 2.32. The van der Waals surface area contributed by atoms with Gasteiger partial charge < -0.3 is 0 Å². The number of benzene rings is 2. The van der Waals surface area contributed by atoms with Crippen molar-refractivity contribution in [1.82, 2.24) is 0 Å². The van der Waals surface area contributed by atoms with Gasteiger partial charge in [0.1, 0.15) is 0 Å². The van der Waals surface area contributed by atoms with Gasteiger partial charge in [0.25, 0.3) is 0 Å². The summed E-state index contributed by atoms with van der Waals surface area (Å²) in [6, 6.07) is 18.0. The Morgan fingerprint density at radius 3 is 2.35 bits per heavy atom. The second-order valence-electron chi connectivity index (χ2n) is 6.82. The van der Waals surface area contributed by atoms with Crippen LogP contribution in [0.5, 0.6) is 0 Å². The Morgan fingerprint density at radius 1 is 0.870 bits per heavy atom. The van der Waals surface area contributed by atoms with Gasteiger partial charge in [-0.05, 0) is 0 Å². The fraction of sp³-hybridized carbons (Fsp3) is 0.227. The molecule has 1 aliphatic rings. The van der Waals surface area contributed by atoms with Crippen molar-refractivity contribution in [3.05, 3.63) is 98.9 Å². The van der Waals surface area contributed by atoms with Gasteiger partial charge >= 0.3 is 139 Å². The van der Waals surface area contributed by atoms with Crippen molar-refractivity contribution in [3.63, 3.8) is 0 Å². The topological polar surface area (TPSA) is 0 Å². The zero-order valence-electron chi connectivity index (χ0n) is 14.1. The van der Waals surface area contributed by atoms with Crippen LogP contribution in [0.15, 0.2) is 54.5 Å². The van der Waals surface area contributed by atoms with E-state index < -0.39 is 0 Å². The van der Waals surface area contributed by atoms with Gasteiger partial charge in [0, 0.05) is 0 Å². The molecule has 0 radical (unpaired) electrons. The summed E-state index contributed by atoms with van der Waals surface area (Å²) in [7, 11) is 0. The Morgan fingerprint density at radius 2 is 1.57 bits per heavy atom. The molecule has 1 aliphatic carbocycles. The predicted molar refractivity (Wildman–Crippen MR) is 98.6 cm³/mol. The molecule has 3 aromatic rings. The van der Waals surface area contributed by atoms with Gasteiger partial charge in [-0.2, -0.15) is 0 Å². The molecule has 0 aliphatic heterocycles. The van der Waals surface area contributed by atoms with Crippen molar-refractivity contribution in [3.8, 4) is 0 Å². The molecule has 0 fully saturated rings. The molecule has 0 N–H and O–H groups in total. The first-order valence-corrected chi connectivity index (χ1v) is 8.38. The molecule has 1 aromatic heterocycles. The van der Waals surface area contributed by atoms with Crippen LogP contribution >= 0.6 is 0 Å². The Labute approximate surface area is 139 Å². The third kappa shape index (κ3) is 2.35. The van der Waals surface area contributed by atoms with Crippen molar-refractivity contribution >= 4 is 6.91 Å². The van der Waals surface area contributed by atoms with Crippen molar-refractivity contribution in [2.75, 3.05) is 0 Å². The van der Waals surface area contributed by atoms with E-state index in [1.807, 2.05) is 0 Å². The van der Waals surface area contributed by atoms with Gasteiger partial charge in [0.15, 0.2) is 0 Å². The third-order valence-corrected chi connectivity index (χ3v) is 5.14. The number of fused-ring (bicyclic) bond motifs is 2. The van der Waals surface area contributed by atoms with Crippen LogP contribution in [0.3, 0.4) is 0 Å². The van der Waals surface area contributed by atoms with Crippen molar-refractivity contribution in [2.24, 2.45) is 0 Å². The molecule has 0 spiro atoms. The van der Waals surface area contributed by atoms with Crippen LogP contribution in [0.25, 0.3) is 0 Å². The normalized spacial score (nSPS) is 15.7. The molecule has 1 heteroatoms. The molecule has 2 aromatic carbocycles. The Bertz CT molecular complexity index is 823. The fourth-order valence-corrected chi connectivity index (χ4v) is 4.28. The average Bonchev–Trinajstić information content (AvgIpc) is 2.53. The molecule has 4 rings (SSSR count). The zero-order chi connectivity index (χ0) is 16.0. The van der Waals surface area contributed by atoms with E-state index in [0.29, 0.717) is 5.92 Å². The second kappa shape index (κ2) is 5.49. The van der Waals surface area contributed by atoms with Crippen LogP contribution in [0, 0.1) is 20.8 Å². The minimum atomic E-state index is 0.358. The van der Waals surface area contributed by atoms with Crippen LogP contribution in [-0.4, -0.2) is 6.91 Å². The van der Waals surface area contributed by atoms with E-state index in [9.17, 15) is 0 Å². The van der Waals surface area contributed by atoms with Crippen LogP contribution < -0.4 is 0 Å². The molecule has 23 heavy (non-hydrogen) atoms. The molecule has 1 atom stereocenters. The SMILES string of the molecule is Cc1cc(C)c(C2c3bcccc3Cc3ccccc32)c(C)c1. The molecule has 0 amide bonds. The summed E-state index contributed by atoms with van der Waals surface area (Å²) in [5.74, 6) is 2.54. The van der Waals surface area contributed by atoms with Crippen molar-refractivity contribution < 1.29 is 0 Å². The first-order valence-electron chi connectivity index (χ1n) is 8.38. The quantitative estimate of drug-likeness (QED) is 0.462. The summed E-state index contributed by atoms with van der Waals surface area (Å²) in [6.07, 6.45) is 1.05. The molecule has 0 bridgehead atoms. The second-order valence-corrected chi connectivity index (χ2v) is 6.82. The molecular formula is C22H21B. The molecule has 0 saturated heterocycles. The Balaban J connectivity index is 2.02. The first kappa shape index (κ1) is 14.4. The molecule has 112 valence electrons. The molecule has 1 unspecified atom stereocenters. The van der Waals surface area contributed by atoms with Crippen LogP contribution in [0.1, 0.15) is 50.3 Å². The van der Waals surface area contributed by atoms with E-state index in [4.69, 9.17) is 0 Å². The summed E-state index contributed by atoms with van der Waals surface area (Å²) in [5, 5.41) is 0. The number of hydrogen-bond donors (Lipinski definition) is 0. The molecule has 0 nitrogen and oxygen atoms in total. The van der Waals surface area contributed by atoms with E-state index in [-0.39, 0.29) is 0 Å². The van der Waals surface area contributed by atoms with Gasteiger partial charge in [-0.1, -0.05) is 0 Å². The van der Waals surface area contributed by atoms with Gasteiger partial charge in [-0.15, -0.1) is 0 Å². The summed E-state index contributed by atoms with van der Waals surface area (Å²) in [4.78, 5) is 0. The average molecular weight is 296 g/mol. The van der Waals surface area contributed by atoms with Crippen molar-refractivity contribution in [2.45, 2.75) is 33.1 Å². The van der Waals surface area contributed by atoms with Gasteiger partial charge in [-0.25, -0.2) is 0 Å². The van der Waals surface area contributed by atoms with E-state index in [1.54, 1.807) is 0 Å². The Kier molecular flexibility index (Phi) is 3.45. The standard InChI is InChI=1S/C22H21B/c1-14-11-15(2)20(16(3)12-14)21-19-9-5-4-7-17(19)13-18-8-6-10-23-22(18)21/h4-12,21H,13H2,1-3H3. The van der Waals surface area contributed by atoms with Gasteiger partial charge in [0.05, 0.1) is 0 Å². The predicted octanol–water partition coefficient (Wildman–Crippen LogP) is 5.03. The van der Waals surface area contributed by atoms with Crippen LogP contribution in [0.4, 0.5) is 0 Å². The van der Waals surface area contributed by atoms with E-state index in [2.05, 4.69) is 82.2 Å². The minimum absolute atomic E-state index is 0.358. The van der Waals surface area contributed by atoms with Crippen LogP contribution in [0.2, 0.25) is 0 Å². The van der Waals surface area contributed by atoms with E-state index in [1.165, 1.54) is 44.4 Å². The molecule has 1 heterocycles. The van der Waals surface area contributed by atoms with Gasteiger partial charge in [0.2, 0.25) is 0 Å². The Hall–Kier alpha value is -2.15. The zero-order valence-corrected chi connectivity index (χ0v) is 14.1. The monoisotopic (exact) mass is 296 g/mol. The third-order valence-electron chi connectivity index (χ3n) is 5.14. The van der Waals surface area contributed by atoms with E-state index in [0.717, 1.165) is 6.42 Å². The number of hydrogen-bond acceptors (Lipinski definition) is 0. The molecular weight excluding hydrogens is 275 g/mol. The summed E-state index contributed by atoms with van der Waals surface area (Å²) < 4.78 is 0. The van der Waals surface area contributed by atoms with Gasteiger partial charge in [-0.3, -0.25) is 0 Å². The first-order chi connectivity index (χ1) is 11.1. The number of rotatable bonds is 1. The van der Waals surface area contributed by atoms with E-state index >= 15 is 0 Å². The maximum absolute atomic E-state index is 2.32. The van der Waals surface area contributed by atoms with Crippen LogP contribution in [-0.2, 0) is 6.42 Å². The summed E-state index contributed by atoms with van der Waals surface area (Å²) in [5.41, 5.74) is 11.5. The summed E-state index contributed by atoms with van der Waals surface area (Å²) >= 11 is 0. The van der Waals surface area contributed by atoms with Crippen molar-refractivity contribution in [1.29, 1.82) is 0 Å². The summed E-state index contributed by atoms with van der Waals surface area (Å²) in [6.45, 7) is 9.02. The molecule has 0 saturated carbocycles. The fourth-order valence-electron chi connectivity index (χ4n) is 4.28.